The molecule has 2 atom stereocenters. The number of methoxy groups -OCH3 is 1. The summed E-state index contributed by atoms with van der Waals surface area (Å²) in [5.74, 6) is 0.0228. The van der Waals surface area contributed by atoms with Gasteiger partial charge in [0, 0.05) is 26.2 Å². The maximum Gasteiger partial charge on any atom is 0.338 e. The van der Waals surface area contributed by atoms with Crippen LogP contribution in [0.5, 0.6) is 5.75 Å². The van der Waals surface area contributed by atoms with Crippen molar-refractivity contribution < 1.29 is 27.5 Å². The van der Waals surface area contributed by atoms with E-state index in [1.165, 1.54) is 29.6 Å². The quantitative estimate of drug-likeness (QED) is 0.632. The second-order valence-corrected chi connectivity index (χ2v) is 10.2. The van der Waals surface area contributed by atoms with E-state index < -0.39 is 16.0 Å². The smallest absolute Gasteiger partial charge is 0.338 e. The largest absolute Gasteiger partial charge is 0.495 e. The average Bonchev–Trinajstić information content (AvgIpc) is 3.26. The third kappa shape index (κ3) is 4.95. The van der Waals surface area contributed by atoms with E-state index in [2.05, 4.69) is 13.8 Å². The minimum atomic E-state index is -3.77. The summed E-state index contributed by atoms with van der Waals surface area (Å²) < 4.78 is 37.7. The van der Waals surface area contributed by atoms with Crippen LogP contribution >= 0.6 is 0 Å². The van der Waals surface area contributed by atoms with E-state index in [4.69, 9.17) is 9.47 Å². The molecule has 0 N–H and O–H groups in total. The fourth-order valence-electron chi connectivity index (χ4n) is 4.24. The Hall–Kier alpha value is -2.13. The van der Waals surface area contributed by atoms with Crippen molar-refractivity contribution in [3.8, 4) is 5.75 Å². The van der Waals surface area contributed by atoms with Gasteiger partial charge in [-0.2, -0.15) is 4.31 Å². The first kappa shape index (κ1) is 22.6. The molecule has 9 heteroatoms. The molecule has 2 heterocycles. The average molecular weight is 439 g/mol. The molecule has 1 aromatic carbocycles. The zero-order valence-corrected chi connectivity index (χ0v) is 18.6. The topological polar surface area (TPSA) is 93.2 Å². The van der Waals surface area contributed by atoms with E-state index in [0.29, 0.717) is 38.0 Å². The van der Waals surface area contributed by atoms with Crippen LogP contribution in [0.1, 0.15) is 43.5 Å². The Morgan fingerprint density at radius 1 is 1.10 bits per heavy atom. The van der Waals surface area contributed by atoms with Gasteiger partial charge in [-0.3, -0.25) is 4.79 Å². The van der Waals surface area contributed by atoms with Crippen LogP contribution in [-0.4, -0.2) is 69.4 Å². The van der Waals surface area contributed by atoms with Gasteiger partial charge in [-0.15, -0.1) is 0 Å². The van der Waals surface area contributed by atoms with Crippen molar-refractivity contribution in [3.05, 3.63) is 23.8 Å². The minimum Gasteiger partial charge on any atom is -0.495 e. The summed E-state index contributed by atoms with van der Waals surface area (Å²) in [4.78, 5) is 26.6. The van der Waals surface area contributed by atoms with Gasteiger partial charge in [-0.25, -0.2) is 13.2 Å². The predicted molar refractivity (Wildman–Crippen MR) is 111 cm³/mol. The Morgan fingerprint density at radius 3 is 2.33 bits per heavy atom. The molecule has 0 saturated carbocycles. The number of hydrogen-bond acceptors (Lipinski definition) is 6. The van der Waals surface area contributed by atoms with Crippen LogP contribution in [0.25, 0.3) is 0 Å². The molecule has 2 aliphatic rings. The molecule has 2 aliphatic heterocycles. The van der Waals surface area contributed by atoms with E-state index in [0.717, 1.165) is 19.3 Å². The Morgan fingerprint density at radius 2 is 1.73 bits per heavy atom. The lowest BCUT2D eigenvalue weighted by molar-refractivity contribution is -0.137. The van der Waals surface area contributed by atoms with Gasteiger partial charge in [0.05, 0.1) is 12.7 Å². The fraction of sp³-hybridized carbons (Fsp3) is 0.619. The fourth-order valence-corrected chi connectivity index (χ4v) is 5.94. The third-order valence-electron chi connectivity index (χ3n) is 5.63. The number of hydrogen-bond donors (Lipinski definition) is 0. The van der Waals surface area contributed by atoms with E-state index in [9.17, 15) is 18.0 Å². The van der Waals surface area contributed by atoms with E-state index in [1.807, 2.05) is 0 Å². The number of ether oxygens (including phenoxy) is 2. The number of benzene rings is 1. The van der Waals surface area contributed by atoms with Crippen LogP contribution in [0.4, 0.5) is 0 Å². The standard InChI is InChI=1S/C21H30N2O6S/c1-15-10-16(2)13-22(12-15)20(24)14-29-21(25)17-6-7-18(28-3)19(11-17)30(26,27)23-8-4-5-9-23/h6-7,11,15-16H,4-5,8-10,12-14H2,1-3H3. The number of sulfonamides is 1. The van der Waals surface area contributed by atoms with Gasteiger partial charge >= 0.3 is 5.97 Å². The van der Waals surface area contributed by atoms with Gasteiger partial charge in [0.15, 0.2) is 6.61 Å². The molecule has 8 nitrogen and oxygen atoms in total. The summed E-state index contributed by atoms with van der Waals surface area (Å²) in [5, 5.41) is 0. The minimum absolute atomic E-state index is 0.0636. The predicted octanol–water partition coefficient (Wildman–Crippen LogP) is 2.14. The summed E-state index contributed by atoms with van der Waals surface area (Å²) in [6.45, 7) is 6.04. The lowest BCUT2D eigenvalue weighted by Crippen LogP contribution is -2.44. The van der Waals surface area contributed by atoms with Crippen molar-refractivity contribution in [2.75, 3.05) is 39.9 Å². The van der Waals surface area contributed by atoms with Crippen molar-refractivity contribution in [3.63, 3.8) is 0 Å². The molecule has 166 valence electrons. The van der Waals surface area contributed by atoms with Crippen molar-refractivity contribution in [2.45, 2.75) is 38.0 Å². The lowest BCUT2D eigenvalue weighted by Gasteiger charge is -2.34. The van der Waals surface area contributed by atoms with Crippen LogP contribution in [0.3, 0.4) is 0 Å². The summed E-state index contributed by atoms with van der Waals surface area (Å²) in [6, 6.07) is 4.15. The normalized spacial score (nSPS) is 22.7. The van der Waals surface area contributed by atoms with Gasteiger partial charge < -0.3 is 14.4 Å². The zero-order chi connectivity index (χ0) is 21.9. The second kappa shape index (κ2) is 9.34. The number of rotatable bonds is 6. The van der Waals surface area contributed by atoms with Crippen LogP contribution in [0, 0.1) is 11.8 Å². The Kier molecular flexibility index (Phi) is 7.02. The van der Waals surface area contributed by atoms with E-state index in [-0.39, 0.29) is 28.7 Å². The van der Waals surface area contributed by atoms with Crippen molar-refractivity contribution in [1.29, 1.82) is 0 Å². The summed E-state index contributed by atoms with van der Waals surface area (Å²) in [7, 11) is -2.39. The van der Waals surface area contributed by atoms with Gasteiger partial charge in [0.2, 0.25) is 10.0 Å². The van der Waals surface area contributed by atoms with E-state index >= 15 is 0 Å². The third-order valence-corrected chi connectivity index (χ3v) is 7.55. The van der Waals surface area contributed by atoms with Crippen molar-refractivity contribution >= 4 is 21.9 Å². The van der Waals surface area contributed by atoms with Crippen LogP contribution in [0.2, 0.25) is 0 Å². The number of carbonyl (C=O) groups excluding carboxylic acids is 2. The molecule has 2 unspecified atom stereocenters. The Labute approximate surface area is 178 Å². The lowest BCUT2D eigenvalue weighted by atomic mass is 9.92. The van der Waals surface area contributed by atoms with Crippen LogP contribution in [-0.2, 0) is 19.6 Å². The first-order chi connectivity index (χ1) is 14.2. The maximum atomic E-state index is 13.0. The number of likely N-dealkylation sites (tertiary alicyclic amines) is 1. The second-order valence-electron chi connectivity index (χ2n) is 8.30. The summed E-state index contributed by atoms with van der Waals surface area (Å²) >= 11 is 0. The highest BCUT2D eigenvalue weighted by molar-refractivity contribution is 7.89. The number of amides is 1. The molecule has 0 spiro atoms. The Balaban J connectivity index is 1.71. The SMILES string of the molecule is COc1ccc(C(=O)OCC(=O)N2CC(C)CC(C)C2)cc1S(=O)(=O)N1CCCC1. The van der Waals surface area contributed by atoms with Gasteiger partial charge in [0.1, 0.15) is 10.6 Å². The van der Waals surface area contributed by atoms with Crippen LogP contribution < -0.4 is 4.74 Å². The van der Waals surface area contributed by atoms with Gasteiger partial charge in [0.25, 0.3) is 5.91 Å². The molecule has 2 saturated heterocycles. The Bertz CT molecular complexity index is 885. The number of piperidine rings is 1. The molecular weight excluding hydrogens is 408 g/mol. The molecule has 0 aromatic heterocycles. The molecule has 30 heavy (non-hydrogen) atoms. The van der Waals surface area contributed by atoms with Crippen molar-refractivity contribution in [1.82, 2.24) is 9.21 Å². The van der Waals surface area contributed by atoms with E-state index in [1.54, 1.807) is 4.90 Å². The summed E-state index contributed by atoms with van der Waals surface area (Å²) in [5.41, 5.74) is 0.0711. The molecule has 1 aromatic rings. The number of carbonyl (C=O) groups is 2. The molecule has 3 rings (SSSR count). The molecule has 0 radical (unpaired) electrons. The molecule has 2 fully saturated rings. The van der Waals surface area contributed by atoms with Crippen LogP contribution in [0.15, 0.2) is 23.1 Å². The first-order valence-electron chi connectivity index (χ1n) is 10.4. The monoisotopic (exact) mass is 438 g/mol. The molecule has 0 aliphatic carbocycles. The van der Waals surface area contributed by atoms with Gasteiger partial charge in [-0.1, -0.05) is 13.8 Å². The van der Waals surface area contributed by atoms with Crippen molar-refractivity contribution in [2.24, 2.45) is 11.8 Å². The molecular formula is C21H30N2O6S. The highest BCUT2D eigenvalue weighted by Gasteiger charge is 2.31. The number of esters is 1. The highest BCUT2D eigenvalue weighted by atomic mass is 32.2. The van der Waals surface area contributed by atoms with Gasteiger partial charge in [-0.05, 0) is 49.3 Å². The first-order valence-corrected chi connectivity index (χ1v) is 11.8. The zero-order valence-electron chi connectivity index (χ0n) is 17.8. The summed E-state index contributed by atoms with van der Waals surface area (Å²) in [6.07, 6.45) is 2.68. The molecule has 0 bridgehead atoms. The highest BCUT2D eigenvalue weighted by Crippen LogP contribution is 2.30. The maximum absolute atomic E-state index is 13.0. The number of nitrogens with zero attached hydrogens (tertiary/aromatic N) is 2. The molecule has 1 amide bonds.